The molecule has 9 heteroatoms. The van der Waals surface area contributed by atoms with Crippen molar-refractivity contribution in [3.63, 3.8) is 0 Å². The number of carboxylic acid groups (broad SMARTS) is 2. The van der Waals surface area contributed by atoms with Crippen LogP contribution in [0.4, 0.5) is 0 Å². The molecule has 0 saturated heterocycles. The summed E-state index contributed by atoms with van der Waals surface area (Å²) in [6.45, 7) is 15.9. The molecule has 2 atom stereocenters. The summed E-state index contributed by atoms with van der Waals surface area (Å²) in [5.74, 6) is -1.82. The second-order valence-corrected chi connectivity index (χ2v) is 20.5. The number of unbranched alkanes of at least 4 members (excludes halogenated alkanes) is 18. The Labute approximate surface area is 337 Å². The Bertz CT molecular complexity index is 895. The Balaban J connectivity index is -0.000000640. The quantitative estimate of drug-likeness (QED) is 0.0318. The molecule has 0 radical (unpaired) electrons. The van der Waals surface area contributed by atoms with Crippen molar-refractivity contribution in [1.82, 2.24) is 0 Å². The first-order valence-electron chi connectivity index (χ1n) is 21.6. The van der Waals surface area contributed by atoms with Crippen LogP contribution in [0.3, 0.4) is 0 Å². The molecule has 8 nitrogen and oxygen atoms in total. The van der Waals surface area contributed by atoms with E-state index in [0.29, 0.717) is 6.54 Å². The van der Waals surface area contributed by atoms with Gasteiger partial charge in [0.05, 0.1) is 12.6 Å². The number of aliphatic imine (C=N–C) groups is 2. The van der Waals surface area contributed by atoms with Crippen molar-refractivity contribution in [2.45, 2.75) is 237 Å². The predicted octanol–water partition coefficient (Wildman–Crippen LogP) is 10.7. The Hall–Kier alpha value is -1.50. The van der Waals surface area contributed by atoms with Crippen LogP contribution < -0.4 is 10.2 Å². The van der Waals surface area contributed by atoms with Gasteiger partial charge < -0.3 is 19.8 Å². The van der Waals surface area contributed by atoms with Gasteiger partial charge in [0, 0.05) is 11.9 Å². The molecule has 308 valence electrons. The van der Waals surface area contributed by atoms with Crippen LogP contribution in [0.5, 0.6) is 0 Å². The van der Waals surface area contributed by atoms with Crippen LogP contribution in [0.25, 0.3) is 0 Å². The molecule has 1 rings (SSSR count). The summed E-state index contributed by atoms with van der Waals surface area (Å²) < 4.78 is 3.25. The molecule has 0 aromatic heterocycles. The minimum atomic E-state index is -0.909. The maximum absolute atomic E-state index is 10.3. The number of hydrogen-bond donors (Lipinski definition) is 0. The fourth-order valence-electron chi connectivity index (χ4n) is 6.98. The van der Waals surface area contributed by atoms with Crippen molar-refractivity contribution >= 4 is 45.2 Å². The van der Waals surface area contributed by atoms with E-state index in [2.05, 4.69) is 58.5 Å². The molecule has 0 aromatic rings. The van der Waals surface area contributed by atoms with E-state index in [4.69, 9.17) is 0 Å². The molecule has 2 unspecified atom stereocenters. The van der Waals surface area contributed by atoms with Crippen LogP contribution in [0, 0.1) is 10.8 Å². The molecule has 0 bridgehead atoms. The molecule has 0 heterocycles. The van der Waals surface area contributed by atoms with Gasteiger partial charge in [0.2, 0.25) is 12.2 Å². The summed E-state index contributed by atoms with van der Waals surface area (Å²) in [6, 6.07) is 0.00750. The molecular weight excluding hydrogens is 771 g/mol. The average Bonchev–Trinajstić information content (AvgIpc) is 3.09. The summed E-state index contributed by atoms with van der Waals surface area (Å²) in [6.07, 6.45) is 34.0. The van der Waals surface area contributed by atoms with E-state index in [1.54, 1.807) is 21.0 Å². The van der Waals surface area contributed by atoms with Crippen LogP contribution in [0.15, 0.2) is 9.98 Å². The molecule has 0 spiro atoms. The first kappa shape index (κ1) is 55.8. The second-order valence-electron chi connectivity index (χ2n) is 16.2. The van der Waals surface area contributed by atoms with Crippen molar-refractivity contribution in [1.29, 1.82) is 0 Å². The second kappa shape index (κ2) is 41.7. The van der Waals surface area contributed by atoms with E-state index in [0.717, 1.165) is 44.9 Å². The van der Waals surface area contributed by atoms with Crippen LogP contribution in [0.2, 0.25) is 8.87 Å². The molecule has 0 aliphatic heterocycles. The third kappa shape index (κ3) is 46.6. The Kier molecular flexibility index (Phi) is 43.9. The molecule has 53 heavy (non-hydrogen) atoms. The Morgan fingerprint density at radius 3 is 1.30 bits per heavy atom. The molecule has 0 aromatic carbocycles. The summed E-state index contributed by atoms with van der Waals surface area (Å²) in [5.41, 5.74) is 0.0561. The van der Waals surface area contributed by atoms with Crippen molar-refractivity contribution in [3.8, 4) is 0 Å². The first-order valence-corrected chi connectivity index (χ1v) is 25.6. The van der Waals surface area contributed by atoms with E-state index in [-0.39, 0.29) is 50.9 Å². The number of aliphatic carboxylic acids is 2. The summed E-state index contributed by atoms with van der Waals surface area (Å²) in [5, 5.41) is 20.2. The third-order valence-corrected chi connectivity index (χ3v) is 13.6. The van der Waals surface area contributed by atoms with Gasteiger partial charge in [-0.25, -0.2) is 19.6 Å². The number of carbonyl (C=O) groups is 2. The topological polar surface area (TPSA) is 139 Å². The average molecular weight is 854 g/mol. The van der Waals surface area contributed by atoms with Gasteiger partial charge in [0.1, 0.15) is 0 Å². The molecule has 1 aliphatic carbocycles. The van der Waals surface area contributed by atoms with Gasteiger partial charge in [0.25, 0.3) is 0 Å². The summed E-state index contributed by atoms with van der Waals surface area (Å²) >= 11 is 0.149. The first-order chi connectivity index (χ1) is 25.4. The van der Waals surface area contributed by atoms with Gasteiger partial charge in [0.15, 0.2) is 0 Å². The van der Waals surface area contributed by atoms with Crippen molar-refractivity contribution in [2.75, 3.05) is 6.54 Å². The summed E-state index contributed by atoms with van der Waals surface area (Å²) in [7, 11) is 0. The van der Waals surface area contributed by atoms with Gasteiger partial charge in [-0.1, -0.05) is 137 Å². The number of isocyanates is 2. The number of carboxylic acids is 2. The van der Waals surface area contributed by atoms with E-state index in [9.17, 15) is 29.4 Å². The van der Waals surface area contributed by atoms with Gasteiger partial charge in [-0.15, -0.1) is 0 Å². The number of rotatable bonds is 29. The predicted molar refractivity (Wildman–Crippen MR) is 220 cm³/mol. The Morgan fingerprint density at radius 2 is 0.962 bits per heavy atom. The standard InChI is InChI=1S/C12H18N2O2.2C12H24O2.2C4H9.Sn/c1-11(2)4-10(14-9-16)5-12(3,6-11)7-13-8-15;2*1-2-3-4-5-6-7-8-9-10-11-12(13)14;2*1-3-4-2;/h10H,4-7H2,1-3H3;2*2-11H2,1H3,(H,13,14);2*1,3-4H2,2H3;/q;;;;;+2/p-2. The van der Waals surface area contributed by atoms with Crippen molar-refractivity contribution in [2.24, 2.45) is 20.8 Å². The fraction of sp³-hybridized carbons (Fsp3) is 0.909. The van der Waals surface area contributed by atoms with Crippen LogP contribution in [0.1, 0.15) is 222 Å². The van der Waals surface area contributed by atoms with Crippen LogP contribution in [-0.4, -0.2) is 57.8 Å². The normalized spacial score (nSPS) is 16.8. The number of carbonyl (C=O) groups excluding carboxylic acids is 4. The summed E-state index contributed by atoms with van der Waals surface area (Å²) in [4.78, 5) is 48.2. The van der Waals surface area contributed by atoms with Crippen molar-refractivity contribution in [3.05, 3.63) is 0 Å². The number of hydrogen-bond acceptors (Lipinski definition) is 8. The molecule has 0 amide bonds. The fourth-order valence-corrected chi connectivity index (χ4v) is 11.1. The zero-order valence-corrected chi connectivity index (χ0v) is 38.5. The van der Waals surface area contributed by atoms with Crippen LogP contribution in [-0.2, 0) is 19.2 Å². The zero-order chi connectivity index (χ0) is 40.5. The van der Waals surface area contributed by atoms with E-state index < -0.39 is 11.9 Å². The van der Waals surface area contributed by atoms with Gasteiger partial charge >= 0.3 is 69.5 Å². The SMILES string of the molecule is CC1(C)CC(N=C=O)CC(C)(CN=C=O)C1.CCCCCCCCCCCC(=O)[O-].CCCCCCCCCCCC(=O)[O-].CCC[CH2][Sn+2][CH2]CCC. The number of nitrogens with zero attached hydrogens (tertiary/aromatic N) is 2. The molecular formula is C44H82N2O6Sn. The molecule has 0 N–H and O–H groups in total. The maximum atomic E-state index is 10.3. The molecule has 1 aliphatic rings. The van der Waals surface area contributed by atoms with Gasteiger partial charge in [-0.05, 0) is 55.8 Å². The minimum absolute atomic E-state index is 0.00750. The zero-order valence-electron chi connectivity index (χ0n) is 35.6. The van der Waals surface area contributed by atoms with E-state index >= 15 is 0 Å². The van der Waals surface area contributed by atoms with Gasteiger partial charge in [-0.2, -0.15) is 0 Å². The van der Waals surface area contributed by atoms with E-state index in [1.165, 1.54) is 116 Å². The third-order valence-electron chi connectivity index (χ3n) is 9.57. The molecule has 1 saturated carbocycles. The van der Waals surface area contributed by atoms with Crippen molar-refractivity contribution < 1.29 is 29.4 Å². The van der Waals surface area contributed by atoms with E-state index in [1.807, 2.05) is 0 Å². The monoisotopic (exact) mass is 855 g/mol. The molecule has 1 fully saturated rings. The van der Waals surface area contributed by atoms with Crippen LogP contribution >= 0.6 is 0 Å². The van der Waals surface area contributed by atoms with Gasteiger partial charge in [-0.3, -0.25) is 0 Å². The Morgan fingerprint density at radius 1 is 0.585 bits per heavy atom.